The smallest absolute Gasteiger partial charge is 0.418 e. The third kappa shape index (κ3) is 5.29. The molecule has 5 heterocycles. The van der Waals surface area contributed by atoms with Crippen LogP contribution in [0.1, 0.15) is 44.6 Å². The Morgan fingerprint density at radius 2 is 2.05 bits per heavy atom. The second-order valence-corrected chi connectivity index (χ2v) is 12.1. The number of aromatic nitrogens is 3. The van der Waals surface area contributed by atoms with Gasteiger partial charge in [-0.1, -0.05) is 11.6 Å². The predicted molar refractivity (Wildman–Crippen MR) is 151 cm³/mol. The van der Waals surface area contributed by atoms with Crippen molar-refractivity contribution in [1.29, 1.82) is 5.26 Å². The van der Waals surface area contributed by atoms with Crippen molar-refractivity contribution in [3.63, 3.8) is 0 Å². The van der Waals surface area contributed by atoms with Gasteiger partial charge in [0.15, 0.2) is 5.82 Å². The minimum absolute atomic E-state index is 0.0764. The summed E-state index contributed by atoms with van der Waals surface area (Å²) in [5.41, 5.74) is 2.36. The quantitative estimate of drug-likeness (QED) is 0.267. The normalized spacial score (nSPS) is 26.1. The molecule has 3 fully saturated rings. The van der Waals surface area contributed by atoms with E-state index in [2.05, 4.69) is 25.9 Å². The first-order valence-electron chi connectivity index (χ1n) is 14.1. The van der Waals surface area contributed by atoms with Gasteiger partial charge < -0.3 is 15.4 Å². The lowest BCUT2D eigenvalue weighted by Crippen LogP contribution is -2.43. The zero-order valence-electron chi connectivity index (χ0n) is 23.3. The fraction of sp³-hybridized carbons (Fsp3) is 0.517. The number of nitrogen functional groups attached to an aromatic ring is 1. The minimum Gasteiger partial charge on any atom is -0.461 e. The van der Waals surface area contributed by atoms with Gasteiger partial charge in [0.2, 0.25) is 0 Å². The predicted octanol–water partition coefficient (Wildman–Crippen LogP) is 6.17. The highest BCUT2D eigenvalue weighted by molar-refractivity contribution is 6.32. The van der Waals surface area contributed by atoms with Crippen molar-refractivity contribution >= 4 is 34.0 Å². The van der Waals surface area contributed by atoms with Crippen molar-refractivity contribution in [2.24, 2.45) is 5.92 Å². The van der Waals surface area contributed by atoms with Gasteiger partial charge in [0.1, 0.15) is 29.8 Å². The van der Waals surface area contributed by atoms with Crippen LogP contribution in [0, 0.1) is 23.1 Å². The Labute approximate surface area is 249 Å². The fourth-order valence-electron chi connectivity index (χ4n) is 6.85. The van der Waals surface area contributed by atoms with Crippen LogP contribution in [-0.4, -0.2) is 63.8 Å². The summed E-state index contributed by atoms with van der Waals surface area (Å²) in [6.45, 7) is 3.47. The van der Waals surface area contributed by atoms with Crippen LogP contribution in [0.4, 0.5) is 33.5 Å². The highest BCUT2D eigenvalue weighted by atomic mass is 35.5. The Bertz CT molecular complexity index is 1620. The number of ether oxygens (including phenoxy) is 1. The van der Waals surface area contributed by atoms with Gasteiger partial charge in [-0.25, -0.2) is 8.78 Å². The number of hydrogen-bond acceptors (Lipinski definition) is 8. The van der Waals surface area contributed by atoms with Gasteiger partial charge in [0.25, 0.3) is 0 Å². The zero-order chi connectivity index (χ0) is 30.7. The van der Waals surface area contributed by atoms with E-state index in [9.17, 15) is 22.8 Å². The first-order chi connectivity index (χ1) is 20.4. The monoisotopic (exact) mass is 621 g/mol. The Morgan fingerprint density at radius 3 is 2.77 bits per heavy atom. The van der Waals surface area contributed by atoms with E-state index >= 15 is 4.39 Å². The van der Waals surface area contributed by atoms with E-state index in [1.54, 1.807) is 0 Å². The van der Waals surface area contributed by atoms with Crippen LogP contribution in [0.3, 0.4) is 0 Å². The maximum absolute atomic E-state index is 16.4. The lowest BCUT2D eigenvalue weighted by Gasteiger charge is -2.37. The van der Waals surface area contributed by atoms with E-state index in [0.29, 0.717) is 38.2 Å². The number of halogens is 6. The molecule has 228 valence electrons. The minimum atomic E-state index is -4.92. The molecule has 3 aromatic rings. The number of piperidine rings is 1. The largest absolute Gasteiger partial charge is 0.461 e. The van der Waals surface area contributed by atoms with Crippen LogP contribution in [0.15, 0.2) is 18.3 Å². The number of nitrogens with two attached hydrogens (primary N) is 1. The maximum Gasteiger partial charge on any atom is 0.418 e. The molecule has 6 rings (SSSR count). The van der Waals surface area contributed by atoms with E-state index < -0.39 is 45.5 Å². The number of nitrogens with zero attached hydrogens (tertiary/aromatic N) is 6. The molecule has 8 nitrogen and oxygen atoms in total. The summed E-state index contributed by atoms with van der Waals surface area (Å²) >= 11 is 5.93. The standard InChI is InChI=1S/C29H29ClF5N7O/c1-15-7-16(11-36)3-6-42(15)26-20-12-38-24(19-8-18(37)9-21(30)22(19)29(33,34)35)23(32)25(20)39-27(40-26)43-14-28-4-2-5-41(28)13-17(31)10-28/h8-9,12,15-17H,2-7,10,13-14,37H2,1H3/t15?,16?,17-,28+/m1/s1. The van der Waals surface area contributed by atoms with Crippen molar-refractivity contribution in [2.45, 2.75) is 63.0 Å². The molecule has 0 saturated carbocycles. The topological polar surface area (TPSA) is 104 Å². The highest BCUT2D eigenvalue weighted by Gasteiger charge is 2.49. The summed E-state index contributed by atoms with van der Waals surface area (Å²) < 4.78 is 78.9. The third-order valence-corrected chi connectivity index (χ3v) is 9.15. The summed E-state index contributed by atoms with van der Waals surface area (Å²) in [4.78, 5) is 17.0. The van der Waals surface area contributed by atoms with Gasteiger partial charge in [-0.3, -0.25) is 9.88 Å². The van der Waals surface area contributed by atoms with Crippen LogP contribution in [-0.2, 0) is 6.18 Å². The van der Waals surface area contributed by atoms with Gasteiger partial charge >= 0.3 is 12.2 Å². The number of nitriles is 1. The van der Waals surface area contributed by atoms with Crippen LogP contribution >= 0.6 is 11.6 Å². The third-order valence-electron chi connectivity index (χ3n) is 8.86. The average Bonchev–Trinajstić information content (AvgIpc) is 3.46. The van der Waals surface area contributed by atoms with Crippen molar-refractivity contribution in [2.75, 3.05) is 36.9 Å². The number of rotatable bonds is 5. The molecular weight excluding hydrogens is 593 g/mol. The molecule has 2 N–H and O–H groups in total. The van der Waals surface area contributed by atoms with E-state index in [-0.39, 0.29) is 41.2 Å². The van der Waals surface area contributed by atoms with Crippen molar-refractivity contribution < 1.29 is 26.7 Å². The van der Waals surface area contributed by atoms with Crippen molar-refractivity contribution in [3.05, 3.63) is 34.7 Å². The summed E-state index contributed by atoms with van der Waals surface area (Å²) in [5.74, 6) is -0.990. The molecule has 3 aliphatic heterocycles. The van der Waals surface area contributed by atoms with Gasteiger partial charge in [0.05, 0.1) is 27.6 Å². The van der Waals surface area contributed by atoms with Crippen molar-refractivity contribution in [3.8, 4) is 23.3 Å². The van der Waals surface area contributed by atoms with E-state index in [0.717, 1.165) is 31.5 Å². The number of fused-ring (bicyclic) bond motifs is 2. The molecule has 0 spiro atoms. The van der Waals surface area contributed by atoms with E-state index in [1.807, 2.05) is 11.8 Å². The number of anilines is 2. The molecule has 14 heteroatoms. The molecule has 4 atom stereocenters. The number of alkyl halides is 4. The molecular formula is C29H29ClF5N7O. The summed E-state index contributed by atoms with van der Waals surface area (Å²) in [7, 11) is 0. The van der Waals surface area contributed by atoms with Gasteiger partial charge in [-0.15, -0.1) is 0 Å². The van der Waals surface area contributed by atoms with Crippen LogP contribution in [0.25, 0.3) is 22.2 Å². The molecule has 2 unspecified atom stereocenters. The second-order valence-electron chi connectivity index (χ2n) is 11.7. The van der Waals surface area contributed by atoms with E-state index in [1.165, 1.54) is 6.20 Å². The van der Waals surface area contributed by atoms with Crippen LogP contribution < -0.4 is 15.4 Å². The second kappa shape index (κ2) is 10.9. The lowest BCUT2D eigenvalue weighted by atomic mass is 9.92. The molecule has 43 heavy (non-hydrogen) atoms. The summed E-state index contributed by atoms with van der Waals surface area (Å²) in [6.07, 6.45) is -1.68. The summed E-state index contributed by atoms with van der Waals surface area (Å²) in [6, 6.07) is 3.86. The number of pyridine rings is 1. The Hall–Kier alpha value is -3.50. The van der Waals surface area contributed by atoms with Gasteiger partial charge in [-0.05, 0) is 51.3 Å². The molecule has 1 aromatic carbocycles. The maximum atomic E-state index is 16.4. The summed E-state index contributed by atoms with van der Waals surface area (Å²) in [5, 5.41) is 8.92. The molecule has 0 amide bonds. The van der Waals surface area contributed by atoms with Gasteiger partial charge in [0, 0.05) is 48.9 Å². The fourth-order valence-corrected chi connectivity index (χ4v) is 7.18. The highest BCUT2D eigenvalue weighted by Crippen LogP contribution is 2.45. The Morgan fingerprint density at radius 1 is 1.26 bits per heavy atom. The van der Waals surface area contributed by atoms with Crippen LogP contribution in [0.5, 0.6) is 6.01 Å². The molecule has 3 saturated heterocycles. The van der Waals surface area contributed by atoms with Crippen LogP contribution in [0.2, 0.25) is 5.02 Å². The molecule has 2 aromatic heterocycles. The van der Waals surface area contributed by atoms with E-state index in [4.69, 9.17) is 22.1 Å². The Balaban J connectivity index is 1.48. The molecule has 0 aliphatic carbocycles. The number of benzene rings is 1. The molecule has 0 radical (unpaired) electrons. The number of hydrogen-bond donors (Lipinski definition) is 1. The Kier molecular flexibility index (Phi) is 7.49. The molecule has 3 aliphatic rings. The SMILES string of the molecule is CC1CC(C#N)CCN1c1nc(OC[C@@]23CCCN2C[C@H](F)C3)nc2c(F)c(-c3cc(N)cc(Cl)c3C(F)(F)F)ncc12. The lowest BCUT2D eigenvalue weighted by molar-refractivity contribution is -0.137. The molecule has 0 bridgehead atoms. The average molecular weight is 622 g/mol. The zero-order valence-corrected chi connectivity index (χ0v) is 24.0. The first kappa shape index (κ1) is 29.6. The van der Waals surface area contributed by atoms with Gasteiger partial charge in [-0.2, -0.15) is 28.4 Å². The van der Waals surface area contributed by atoms with Crippen molar-refractivity contribution in [1.82, 2.24) is 19.9 Å². The first-order valence-corrected chi connectivity index (χ1v) is 14.5.